The van der Waals surface area contributed by atoms with Crippen molar-refractivity contribution in [3.8, 4) is 6.07 Å². The van der Waals surface area contributed by atoms with Crippen molar-refractivity contribution in [2.75, 3.05) is 13.1 Å². The standard InChI is InChI=1S/C25H27F2N5O3S/c1-15-3-4-16(2)32(15)24(35)18-7-5-17(6-8-18)9-21-30-20(13-36-21)23(34)29-12-22(33)31-14-25(26,27)10-19(31)11-28/h5-8,13,15-16,19H,3-4,9-10,12,14H2,1-2H3,(H,29,34)/t15?,16?,19-/m0/s1. The molecule has 36 heavy (non-hydrogen) atoms. The first-order valence-electron chi connectivity index (χ1n) is 11.8. The van der Waals surface area contributed by atoms with Crippen LogP contribution in [0.5, 0.6) is 0 Å². The number of rotatable bonds is 6. The maximum atomic E-state index is 13.5. The Hall–Kier alpha value is -3.39. The van der Waals surface area contributed by atoms with E-state index in [2.05, 4.69) is 24.1 Å². The normalized spacial score (nSPS) is 22.9. The average molecular weight is 516 g/mol. The Morgan fingerprint density at radius 1 is 1.19 bits per heavy atom. The van der Waals surface area contributed by atoms with Crippen LogP contribution in [0.1, 0.15) is 64.5 Å². The summed E-state index contributed by atoms with van der Waals surface area (Å²) in [6, 6.07) is 8.30. The first kappa shape index (κ1) is 25.7. The zero-order valence-corrected chi connectivity index (χ0v) is 20.9. The van der Waals surface area contributed by atoms with Gasteiger partial charge in [0.1, 0.15) is 11.7 Å². The van der Waals surface area contributed by atoms with Crippen LogP contribution in [-0.4, -0.2) is 69.6 Å². The van der Waals surface area contributed by atoms with Gasteiger partial charge in [-0.15, -0.1) is 11.3 Å². The minimum Gasteiger partial charge on any atom is -0.342 e. The summed E-state index contributed by atoms with van der Waals surface area (Å²) in [4.78, 5) is 44.6. The molecule has 0 spiro atoms. The Morgan fingerprint density at radius 2 is 1.86 bits per heavy atom. The molecule has 1 aromatic carbocycles. The highest BCUT2D eigenvalue weighted by molar-refractivity contribution is 7.09. The fourth-order valence-corrected chi connectivity index (χ4v) is 5.53. The van der Waals surface area contributed by atoms with Gasteiger partial charge in [0.25, 0.3) is 17.7 Å². The van der Waals surface area contributed by atoms with Crippen molar-refractivity contribution in [1.82, 2.24) is 20.1 Å². The van der Waals surface area contributed by atoms with Gasteiger partial charge in [-0.05, 0) is 44.4 Å². The molecule has 1 aromatic heterocycles. The molecule has 11 heteroatoms. The lowest BCUT2D eigenvalue weighted by atomic mass is 10.1. The lowest BCUT2D eigenvalue weighted by Gasteiger charge is -2.26. The van der Waals surface area contributed by atoms with Crippen molar-refractivity contribution in [3.63, 3.8) is 0 Å². The van der Waals surface area contributed by atoms with Crippen LogP contribution in [0.15, 0.2) is 29.6 Å². The Labute approximate surface area is 211 Å². The summed E-state index contributed by atoms with van der Waals surface area (Å²) in [7, 11) is 0. The maximum absolute atomic E-state index is 13.5. The molecule has 2 aliphatic heterocycles. The number of hydrogen-bond donors (Lipinski definition) is 1. The summed E-state index contributed by atoms with van der Waals surface area (Å²) < 4.78 is 27.1. The summed E-state index contributed by atoms with van der Waals surface area (Å²) in [5.74, 6) is -4.42. The lowest BCUT2D eigenvalue weighted by molar-refractivity contribution is -0.131. The smallest absolute Gasteiger partial charge is 0.271 e. The summed E-state index contributed by atoms with van der Waals surface area (Å²) in [6.45, 7) is 2.80. The van der Waals surface area contributed by atoms with Crippen molar-refractivity contribution in [1.29, 1.82) is 5.26 Å². The molecule has 3 heterocycles. The third kappa shape index (κ3) is 5.54. The van der Waals surface area contributed by atoms with E-state index in [1.807, 2.05) is 17.0 Å². The van der Waals surface area contributed by atoms with Gasteiger partial charge < -0.3 is 15.1 Å². The van der Waals surface area contributed by atoms with E-state index in [4.69, 9.17) is 5.26 Å². The molecule has 4 rings (SSSR count). The van der Waals surface area contributed by atoms with Crippen molar-refractivity contribution in [3.05, 3.63) is 51.5 Å². The van der Waals surface area contributed by atoms with Crippen LogP contribution >= 0.6 is 11.3 Å². The minimum absolute atomic E-state index is 0.0283. The zero-order chi connectivity index (χ0) is 26.0. The number of carbonyl (C=O) groups is 3. The van der Waals surface area contributed by atoms with Gasteiger partial charge in [0.2, 0.25) is 5.91 Å². The summed E-state index contributed by atoms with van der Waals surface area (Å²) in [5.41, 5.74) is 1.69. The molecule has 8 nitrogen and oxygen atoms in total. The van der Waals surface area contributed by atoms with Gasteiger partial charge in [-0.3, -0.25) is 14.4 Å². The molecule has 190 valence electrons. The predicted molar refractivity (Wildman–Crippen MR) is 129 cm³/mol. The topological polar surface area (TPSA) is 106 Å². The van der Waals surface area contributed by atoms with Crippen molar-refractivity contribution in [2.24, 2.45) is 0 Å². The quantitative estimate of drug-likeness (QED) is 0.636. The molecule has 2 aromatic rings. The van der Waals surface area contributed by atoms with Crippen LogP contribution in [0, 0.1) is 11.3 Å². The van der Waals surface area contributed by atoms with Crippen LogP contribution in [0.2, 0.25) is 0 Å². The van der Waals surface area contributed by atoms with E-state index in [0.29, 0.717) is 17.0 Å². The van der Waals surface area contributed by atoms with E-state index in [-0.39, 0.29) is 23.7 Å². The van der Waals surface area contributed by atoms with E-state index in [1.54, 1.807) is 23.6 Å². The maximum Gasteiger partial charge on any atom is 0.271 e. The molecular formula is C25H27F2N5O3S. The molecule has 1 N–H and O–H groups in total. The zero-order valence-electron chi connectivity index (χ0n) is 20.0. The molecule has 0 saturated carbocycles. The molecule has 2 aliphatic rings. The van der Waals surface area contributed by atoms with Crippen molar-refractivity contribution >= 4 is 29.1 Å². The van der Waals surface area contributed by atoms with Gasteiger partial charge in [0.05, 0.1) is 24.2 Å². The van der Waals surface area contributed by atoms with Gasteiger partial charge in [-0.2, -0.15) is 5.26 Å². The molecule has 2 saturated heterocycles. The predicted octanol–water partition coefficient (Wildman–Crippen LogP) is 3.24. The molecule has 0 aliphatic carbocycles. The second kappa shape index (κ2) is 10.3. The van der Waals surface area contributed by atoms with Crippen LogP contribution < -0.4 is 5.32 Å². The third-order valence-electron chi connectivity index (χ3n) is 6.67. The number of nitriles is 1. The number of halogens is 2. The number of benzene rings is 1. The lowest BCUT2D eigenvalue weighted by Crippen LogP contribution is -2.43. The van der Waals surface area contributed by atoms with E-state index in [9.17, 15) is 23.2 Å². The number of nitrogens with zero attached hydrogens (tertiary/aromatic N) is 4. The first-order chi connectivity index (χ1) is 17.1. The van der Waals surface area contributed by atoms with Crippen LogP contribution in [-0.2, 0) is 11.2 Å². The fraction of sp³-hybridized carbons (Fsp3) is 0.480. The average Bonchev–Trinajstić information content (AvgIpc) is 3.54. The van der Waals surface area contributed by atoms with Crippen molar-refractivity contribution < 1.29 is 23.2 Å². The van der Waals surface area contributed by atoms with Crippen LogP contribution in [0.25, 0.3) is 0 Å². The molecule has 0 radical (unpaired) electrons. The van der Waals surface area contributed by atoms with Crippen LogP contribution in [0.3, 0.4) is 0 Å². The number of hydrogen-bond acceptors (Lipinski definition) is 6. The van der Waals surface area contributed by atoms with Gasteiger partial charge in [-0.25, -0.2) is 13.8 Å². The number of nitrogens with one attached hydrogen (secondary N) is 1. The highest BCUT2D eigenvalue weighted by atomic mass is 32.1. The largest absolute Gasteiger partial charge is 0.342 e. The fourth-order valence-electron chi connectivity index (χ4n) is 4.72. The molecule has 0 bridgehead atoms. The van der Waals surface area contributed by atoms with Crippen molar-refractivity contribution in [2.45, 2.75) is 63.6 Å². The number of aromatic nitrogens is 1. The summed E-state index contributed by atoms with van der Waals surface area (Å²) >= 11 is 1.28. The van der Waals surface area contributed by atoms with E-state index >= 15 is 0 Å². The van der Waals surface area contributed by atoms with E-state index in [0.717, 1.165) is 23.3 Å². The molecule has 2 unspecified atom stereocenters. The Bertz CT molecular complexity index is 1180. The molecule has 3 atom stereocenters. The molecule has 2 fully saturated rings. The Kier molecular flexibility index (Phi) is 7.36. The highest BCUT2D eigenvalue weighted by Gasteiger charge is 2.47. The highest BCUT2D eigenvalue weighted by Crippen LogP contribution is 2.31. The molecule has 3 amide bonds. The number of alkyl halides is 2. The van der Waals surface area contributed by atoms with Gasteiger partial charge >= 0.3 is 0 Å². The summed E-state index contributed by atoms with van der Waals surface area (Å²) in [5, 5.41) is 13.7. The van der Waals surface area contributed by atoms with E-state index < -0.39 is 43.3 Å². The third-order valence-corrected chi connectivity index (χ3v) is 7.52. The Balaban J connectivity index is 1.31. The second-order valence-electron chi connectivity index (χ2n) is 9.40. The summed E-state index contributed by atoms with van der Waals surface area (Å²) in [6.07, 6.45) is 1.78. The number of likely N-dealkylation sites (tertiary alicyclic amines) is 2. The molecular weight excluding hydrogens is 488 g/mol. The number of thiazole rings is 1. The minimum atomic E-state index is -3.11. The second-order valence-corrected chi connectivity index (χ2v) is 10.3. The Morgan fingerprint density at radius 3 is 2.50 bits per heavy atom. The van der Waals surface area contributed by atoms with Gasteiger partial charge in [0, 0.05) is 35.9 Å². The number of carbonyl (C=O) groups excluding carboxylic acids is 3. The monoisotopic (exact) mass is 515 g/mol. The number of amides is 3. The van der Waals surface area contributed by atoms with Gasteiger partial charge in [0.15, 0.2) is 0 Å². The van der Waals surface area contributed by atoms with Crippen LogP contribution in [0.4, 0.5) is 8.78 Å². The SMILES string of the molecule is CC1CCC(C)N1C(=O)c1ccc(Cc2nc(C(=O)NCC(=O)N3CC(F)(F)C[C@H]3C#N)cs2)cc1. The van der Waals surface area contributed by atoms with Gasteiger partial charge in [-0.1, -0.05) is 12.1 Å². The van der Waals surface area contributed by atoms with E-state index in [1.165, 1.54) is 11.3 Å². The first-order valence-corrected chi connectivity index (χ1v) is 12.7.